The van der Waals surface area contributed by atoms with Crippen LogP contribution in [0.2, 0.25) is 0 Å². The molecular weight excluding hydrogens is 246 g/mol. The molecule has 0 aromatic heterocycles. The van der Waals surface area contributed by atoms with E-state index in [0.29, 0.717) is 0 Å². The SMILES string of the molecule is CC([C@H]1[C@H](C(=O)O)C1(C)C)N(C)C(=O)OC(C)(C)C. The summed E-state index contributed by atoms with van der Waals surface area (Å²) in [7, 11) is 1.66. The molecular formula is C14H25NO4. The second-order valence-corrected chi connectivity index (χ2v) is 6.99. The summed E-state index contributed by atoms with van der Waals surface area (Å²) in [4.78, 5) is 24.7. The lowest BCUT2D eigenvalue weighted by Crippen LogP contribution is -2.41. The number of rotatable bonds is 3. The first-order valence-corrected chi connectivity index (χ1v) is 6.58. The fourth-order valence-electron chi connectivity index (χ4n) is 2.79. The average Bonchev–Trinajstić information content (AvgIpc) is 2.76. The Morgan fingerprint density at radius 2 is 1.79 bits per heavy atom. The molecule has 0 aliphatic heterocycles. The van der Waals surface area contributed by atoms with Crippen molar-refractivity contribution < 1.29 is 19.4 Å². The van der Waals surface area contributed by atoms with Gasteiger partial charge in [-0.25, -0.2) is 4.79 Å². The van der Waals surface area contributed by atoms with Gasteiger partial charge in [0.2, 0.25) is 0 Å². The minimum Gasteiger partial charge on any atom is -0.481 e. The Bertz CT molecular complexity index is 383. The minimum atomic E-state index is -0.792. The lowest BCUT2D eigenvalue weighted by molar-refractivity contribution is -0.139. The fraction of sp³-hybridized carbons (Fsp3) is 0.857. The van der Waals surface area contributed by atoms with Crippen LogP contribution in [-0.4, -0.2) is 40.8 Å². The molecule has 0 heterocycles. The number of aliphatic carboxylic acids is 1. The fourth-order valence-corrected chi connectivity index (χ4v) is 2.79. The summed E-state index contributed by atoms with van der Waals surface area (Å²) in [5.41, 5.74) is -0.822. The Kier molecular flexibility index (Phi) is 3.90. The molecule has 1 saturated carbocycles. The van der Waals surface area contributed by atoms with Gasteiger partial charge in [-0.15, -0.1) is 0 Å². The summed E-state index contributed by atoms with van der Waals surface area (Å²) in [6, 6.07) is -0.161. The zero-order valence-electron chi connectivity index (χ0n) is 12.9. The van der Waals surface area contributed by atoms with Crippen molar-refractivity contribution in [3.05, 3.63) is 0 Å². The summed E-state index contributed by atoms with van der Waals surface area (Å²) in [5, 5.41) is 9.18. The molecule has 0 bridgehead atoms. The van der Waals surface area contributed by atoms with Crippen LogP contribution >= 0.6 is 0 Å². The van der Waals surface area contributed by atoms with Crippen LogP contribution in [0.1, 0.15) is 41.5 Å². The Morgan fingerprint density at radius 1 is 1.32 bits per heavy atom. The highest BCUT2D eigenvalue weighted by Gasteiger charge is 2.65. The van der Waals surface area contributed by atoms with Crippen LogP contribution in [-0.2, 0) is 9.53 Å². The van der Waals surface area contributed by atoms with Gasteiger partial charge in [0.1, 0.15) is 5.60 Å². The number of carbonyl (C=O) groups excluding carboxylic acids is 1. The van der Waals surface area contributed by atoms with E-state index in [9.17, 15) is 14.7 Å². The van der Waals surface area contributed by atoms with Crippen molar-refractivity contribution >= 4 is 12.1 Å². The monoisotopic (exact) mass is 271 g/mol. The number of hydrogen-bond acceptors (Lipinski definition) is 3. The van der Waals surface area contributed by atoms with Gasteiger partial charge < -0.3 is 14.7 Å². The third kappa shape index (κ3) is 3.19. The maximum Gasteiger partial charge on any atom is 0.410 e. The van der Waals surface area contributed by atoms with Gasteiger partial charge >= 0.3 is 12.1 Å². The van der Waals surface area contributed by atoms with Crippen LogP contribution in [0.15, 0.2) is 0 Å². The van der Waals surface area contributed by atoms with Gasteiger partial charge in [-0.2, -0.15) is 0 Å². The van der Waals surface area contributed by atoms with Crippen LogP contribution < -0.4 is 0 Å². The van der Waals surface area contributed by atoms with Crippen LogP contribution in [0, 0.1) is 17.3 Å². The molecule has 19 heavy (non-hydrogen) atoms. The highest BCUT2D eigenvalue weighted by Crippen LogP contribution is 2.60. The molecule has 1 rings (SSSR count). The maximum atomic E-state index is 12.0. The lowest BCUT2D eigenvalue weighted by Gasteiger charge is -2.29. The van der Waals surface area contributed by atoms with E-state index in [1.165, 1.54) is 4.90 Å². The Balaban J connectivity index is 2.72. The van der Waals surface area contributed by atoms with Gasteiger partial charge in [0.25, 0.3) is 0 Å². The van der Waals surface area contributed by atoms with Gasteiger partial charge in [-0.1, -0.05) is 13.8 Å². The van der Waals surface area contributed by atoms with E-state index in [4.69, 9.17) is 4.74 Å². The molecule has 1 N–H and O–H groups in total. The van der Waals surface area contributed by atoms with Crippen LogP contribution in [0.25, 0.3) is 0 Å². The largest absolute Gasteiger partial charge is 0.481 e. The van der Waals surface area contributed by atoms with E-state index in [1.54, 1.807) is 7.05 Å². The van der Waals surface area contributed by atoms with Crippen molar-refractivity contribution in [1.29, 1.82) is 0 Å². The van der Waals surface area contributed by atoms with E-state index in [1.807, 2.05) is 41.5 Å². The van der Waals surface area contributed by atoms with E-state index >= 15 is 0 Å². The number of carbonyl (C=O) groups is 2. The molecule has 5 heteroatoms. The number of nitrogens with zero attached hydrogens (tertiary/aromatic N) is 1. The Labute approximate surface area is 114 Å². The molecule has 1 fully saturated rings. The molecule has 0 saturated heterocycles. The van der Waals surface area contributed by atoms with Crippen molar-refractivity contribution in [2.45, 2.75) is 53.2 Å². The first-order chi connectivity index (χ1) is 8.39. The number of amides is 1. The van der Waals surface area contributed by atoms with E-state index in [0.717, 1.165) is 0 Å². The molecule has 0 radical (unpaired) electrons. The summed E-state index contributed by atoms with van der Waals surface area (Å²) < 4.78 is 5.30. The number of carboxylic acid groups (broad SMARTS) is 1. The predicted molar refractivity (Wildman–Crippen MR) is 71.9 cm³/mol. The third-order valence-electron chi connectivity index (χ3n) is 3.99. The Morgan fingerprint density at radius 3 is 2.11 bits per heavy atom. The highest BCUT2D eigenvalue weighted by molar-refractivity contribution is 5.76. The molecule has 5 nitrogen and oxygen atoms in total. The zero-order valence-corrected chi connectivity index (χ0v) is 12.9. The molecule has 0 spiro atoms. The first-order valence-electron chi connectivity index (χ1n) is 6.58. The topological polar surface area (TPSA) is 66.8 Å². The van der Waals surface area contributed by atoms with Crippen molar-refractivity contribution in [3.8, 4) is 0 Å². The first kappa shape index (κ1) is 15.8. The van der Waals surface area contributed by atoms with E-state index in [-0.39, 0.29) is 17.4 Å². The normalized spacial score (nSPS) is 26.5. The third-order valence-corrected chi connectivity index (χ3v) is 3.99. The van der Waals surface area contributed by atoms with Gasteiger partial charge in [-0.05, 0) is 39.0 Å². The van der Waals surface area contributed by atoms with Crippen molar-refractivity contribution in [1.82, 2.24) is 4.90 Å². The van der Waals surface area contributed by atoms with Gasteiger partial charge in [0.05, 0.1) is 5.92 Å². The maximum absolute atomic E-state index is 12.0. The van der Waals surface area contributed by atoms with E-state index < -0.39 is 23.6 Å². The van der Waals surface area contributed by atoms with Gasteiger partial charge in [-0.3, -0.25) is 4.79 Å². The molecule has 0 aromatic rings. The molecule has 110 valence electrons. The summed E-state index contributed by atoms with van der Waals surface area (Å²) in [5.74, 6) is -1.23. The Hall–Kier alpha value is -1.26. The standard InChI is InChI=1S/C14H25NO4/c1-8(9-10(11(16)17)14(9,5)6)15(7)12(18)19-13(2,3)4/h8-10H,1-7H3,(H,16,17)/t8?,9-,10+/m0/s1. The van der Waals surface area contributed by atoms with Crippen LogP contribution in [0.4, 0.5) is 4.79 Å². The highest BCUT2D eigenvalue weighted by atomic mass is 16.6. The minimum absolute atomic E-state index is 0.0393. The summed E-state index contributed by atoms with van der Waals surface area (Å²) >= 11 is 0. The van der Waals surface area contributed by atoms with Crippen molar-refractivity contribution in [2.24, 2.45) is 17.3 Å². The second kappa shape index (κ2) is 4.69. The van der Waals surface area contributed by atoms with E-state index in [2.05, 4.69) is 0 Å². The number of carboxylic acids is 1. The summed E-state index contributed by atoms with van der Waals surface area (Å²) in [6.45, 7) is 11.2. The smallest absolute Gasteiger partial charge is 0.410 e. The van der Waals surface area contributed by atoms with Crippen molar-refractivity contribution in [3.63, 3.8) is 0 Å². The molecule has 1 unspecified atom stereocenters. The quantitative estimate of drug-likeness (QED) is 0.856. The molecule has 1 aliphatic carbocycles. The molecule has 0 aromatic carbocycles. The molecule has 1 amide bonds. The zero-order chi connectivity index (χ0) is 15.2. The van der Waals surface area contributed by atoms with Gasteiger partial charge in [0, 0.05) is 13.1 Å². The van der Waals surface area contributed by atoms with Crippen LogP contribution in [0.5, 0.6) is 0 Å². The number of hydrogen-bond donors (Lipinski definition) is 1. The molecule has 3 atom stereocenters. The lowest BCUT2D eigenvalue weighted by atomic mass is 10.0. The average molecular weight is 271 g/mol. The number of ether oxygens (including phenoxy) is 1. The van der Waals surface area contributed by atoms with Crippen molar-refractivity contribution in [2.75, 3.05) is 7.05 Å². The second-order valence-electron chi connectivity index (χ2n) is 6.99. The predicted octanol–water partition coefficient (Wildman–Crippen LogP) is 2.60. The molecule has 1 aliphatic rings. The summed E-state index contributed by atoms with van der Waals surface area (Å²) in [6.07, 6.45) is -0.410. The van der Waals surface area contributed by atoms with Crippen LogP contribution in [0.3, 0.4) is 0 Å². The van der Waals surface area contributed by atoms with Gasteiger partial charge in [0.15, 0.2) is 0 Å².